The molecule has 0 spiro atoms. The Hall–Kier alpha value is -1.44. The molecule has 0 bridgehead atoms. The van der Waals surface area contributed by atoms with E-state index >= 15 is 0 Å². The summed E-state index contributed by atoms with van der Waals surface area (Å²) in [5.41, 5.74) is 0.948. The van der Waals surface area contributed by atoms with E-state index in [9.17, 15) is 13.2 Å². The second-order valence-corrected chi connectivity index (χ2v) is 6.01. The lowest BCUT2D eigenvalue weighted by Crippen LogP contribution is -2.38. The minimum absolute atomic E-state index is 0.0477. The van der Waals surface area contributed by atoms with Gasteiger partial charge >= 0.3 is 6.03 Å². The molecule has 9 heteroatoms. The molecule has 0 fully saturated rings. The van der Waals surface area contributed by atoms with Gasteiger partial charge in [-0.15, -0.1) is 0 Å². The zero-order valence-electron chi connectivity index (χ0n) is 10.6. The van der Waals surface area contributed by atoms with E-state index in [1.807, 2.05) is 4.72 Å². The van der Waals surface area contributed by atoms with Crippen molar-refractivity contribution in [2.24, 2.45) is 0 Å². The smallest absolute Gasteiger partial charge is 0.330 e. The summed E-state index contributed by atoms with van der Waals surface area (Å²) >= 11 is 10.9. The van der Waals surface area contributed by atoms with Crippen LogP contribution in [0.25, 0.3) is 0 Å². The van der Waals surface area contributed by atoms with Crippen molar-refractivity contribution < 1.29 is 17.9 Å². The molecule has 0 radical (unpaired) electrons. The molecule has 1 rings (SSSR count). The van der Waals surface area contributed by atoms with E-state index in [1.54, 1.807) is 6.07 Å². The monoisotopic (exact) mass is 338 g/mol. The first-order chi connectivity index (χ1) is 9.27. The predicted octanol–water partition coefficient (Wildman–Crippen LogP) is 2.30. The fraction of sp³-hybridized carbons (Fsp3) is 0.182. The molecule has 0 heterocycles. The Kier molecular flexibility index (Phi) is 5.67. The van der Waals surface area contributed by atoms with Crippen molar-refractivity contribution >= 4 is 39.3 Å². The number of carbonyl (C=O) groups excluding carboxylic acids is 1. The van der Waals surface area contributed by atoms with Crippen LogP contribution in [-0.2, 0) is 10.0 Å². The van der Waals surface area contributed by atoms with Crippen LogP contribution in [0.1, 0.15) is 0 Å². The van der Waals surface area contributed by atoms with E-state index in [2.05, 4.69) is 0 Å². The van der Waals surface area contributed by atoms with Crippen LogP contribution in [0.3, 0.4) is 0 Å². The van der Waals surface area contributed by atoms with E-state index in [0.29, 0.717) is 0 Å². The van der Waals surface area contributed by atoms with E-state index in [0.717, 1.165) is 10.4 Å². The van der Waals surface area contributed by atoms with Crippen molar-refractivity contribution in [3.63, 3.8) is 0 Å². The molecule has 0 aromatic heterocycles. The molecule has 0 aliphatic heterocycles. The summed E-state index contributed by atoms with van der Waals surface area (Å²) in [6, 6.07) is 4.93. The van der Waals surface area contributed by atoms with E-state index in [4.69, 9.17) is 27.9 Å². The van der Waals surface area contributed by atoms with Crippen molar-refractivity contribution in [3.05, 3.63) is 35.0 Å². The summed E-state index contributed by atoms with van der Waals surface area (Å²) in [5, 5.41) is -0.201. The van der Waals surface area contributed by atoms with Crippen molar-refractivity contribution in [2.75, 3.05) is 14.1 Å². The Balaban J connectivity index is 3.15. The fourth-order valence-corrected chi connectivity index (χ4v) is 2.43. The summed E-state index contributed by atoms with van der Waals surface area (Å²) in [6.07, 6.45) is 0. The number of para-hydroxylation sites is 1. The molecular weight excluding hydrogens is 327 g/mol. The number of halogens is 2. The van der Waals surface area contributed by atoms with E-state index < -0.39 is 16.1 Å². The number of benzene rings is 1. The summed E-state index contributed by atoms with van der Waals surface area (Å²) < 4.78 is 31.2. The third-order valence-corrected chi connectivity index (χ3v) is 3.92. The highest BCUT2D eigenvalue weighted by atomic mass is 35.5. The Morgan fingerprint density at radius 3 is 2.50 bits per heavy atom. The second kappa shape index (κ2) is 6.83. The lowest BCUT2D eigenvalue weighted by Gasteiger charge is -2.14. The van der Waals surface area contributed by atoms with Crippen molar-refractivity contribution in [2.45, 2.75) is 4.90 Å². The number of rotatable bonds is 4. The molecule has 1 N–H and O–H groups in total. The molecular formula is C11H12Cl2N2O4S. The number of amides is 2. The number of hydrogen-bond donors (Lipinski definition) is 1. The van der Waals surface area contributed by atoms with Gasteiger partial charge in [-0.2, -0.15) is 0 Å². The Morgan fingerprint density at radius 1 is 1.35 bits per heavy atom. The van der Waals surface area contributed by atoms with Crippen LogP contribution in [-0.4, -0.2) is 33.4 Å². The first-order valence-electron chi connectivity index (χ1n) is 5.25. The third-order valence-electron chi connectivity index (χ3n) is 2.06. The van der Waals surface area contributed by atoms with Crippen LogP contribution in [0, 0.1) is 0 Å². The van der Waals surface area contributed by atoms with Crippen LogP contribution in [0.15, 0.2) is 39.9 Å². The van der Waals surface area contributed by atoms with Gasteiger partial charge in [-0.1, -0.05) is 23.7 Å². The van der Waals surface area contributed by atoms with Gasteiger partial charge < -0.3 is 9.64 Å². The Bertz CT molecular complexity index is 629. The average molecular weight is 339 g/mol. The van der Waals surface area contributed by atoms with Crippen molar-refractivity contribution in [1.29, 1.82) is 0 Å². The molecule has 6 nitrogen and oxygen atoms in total. The highest BCUT2D eigenvalue weighted by molar-refractivity contribution is 7.90. The van der Waals surface area contributed by atoms with Gasteiger partial charge in [0.05, 0.1) is 5.54 Å². The molecule has 0 saturated carbocycles. The molecule has 20 heavy (non-hydrogen) atoms. The summed E-state index contributed by atoms with van der Waals surface area (Å²) in [7, 11) is -1.25. The standard InChI is InChI=1S/C11H12Cl2N2O4S/c1-15(2)11(16)14-20(17,18)9-6-4-3-5-8(9)19-10(13)7-12/h3-7H,1-2H3,(H,14,16). The third kappa shape index (κ3) is 4.29. The van der Waals surface area contributed by atoms with Gasteiger partial charge in [0.15, 0.2) is 0 Å². The number of nitrogens with one attached hydrogen (secondary N) is 1. The lowest BCUT2D eigenvalue weighted by molar-refractivity contribution is 0.223. The number of ether oxygens (including phenoxy) is 1. The fourth-order valence-electron chi connectivity index (χ4n) is 1.15. The molecule has 0 aliphatic carbocycles. The maximum atomic E-state index is 12.1. The Morgan fingerprint density at radius 2 is 1.95 bits per heavy atom. The average Bonchev–Trinajstić information content (AvgIpc) is 2.38. The second-order valence-electron chi connectivity index (χ2n) is 3.77. The SMILES string of the molecule is CN(C)C(=O)NS(=O)(=O)c1ccccc1OC(Cl)=CCl. The van der Waals surface area contributed by atoms with Crippen LogP contribution in [0.5, 0.6) is 5.75 Å². The van der Waals surface area contributed by atoms with Crippen LogP contribution in [0.4, 0.5) is 4.79 Å². The minimum Gasteiger partial charge on any atom is -0.443 e. The molecule has 0 saturated heterocycles. The molecule has 2 amide bonds. The quantitative estimate of drug-likeness (QED) is 0.854. The molecule has 0 atom stereocenters. The first-order valence-corrected chi connectivity index (χ1v) is 7.54. The number of sulfonamides is 1. The summed E-state index contributed by atoms with van der Waals surface area (Å²) in [4.78, 5) is 12.3. The zero-order chi connectivity index (χ0) is 15.3. The zero-order valence-corrected chi connectivity index (χ0v) is 13.0. The highest BCUT2D eigenvalue weighted by Crippen LogP contribution is 2.26. The molecule has 110 valence electrons. The van der Waals surface area contributed by atoms with E-state index in [-0.39, 0.29) is 15.9 Å². The van der Waals surface area contributed by atoms with Crippen molar-refractivity contribution in [1.82, 2.24) is 9.62 Å². The van der Waals surface area contributed by atoms with Gasteiger partial charge in [-0.3, -0.25) is 0 Å². The number of nitrogens with zero attached hydrogens (tertiary/aromatic N) is 1. The summed E-state index contributed by atoms with van der Waals surface area (Å²) in [5.74, 6) is -0.0477. The Labute approximate surface area is 127 Å². The summed E-state index contributed by atoms with van der Waals surface area (Å²) in [6.45, 7) is 0. The molecule has 0 unspecified atom stereocenters. The van der Waals surface area contributed by atoms with Crippen LogP contribution in [0.2, 0.25) is 0 Å². The van der Waals surface area contributed by atoms with Gasteiger partial charge in [-0.05, 0) is 23.7 Å². The van der Waals surface area contributed by atoms with Crippen LogP contribution < -0.4 is 9.46 Å². The molecule has 1 aromatic rings. The molecule has 0 aliphatic rings. The van der Waals surface area contributed by atoms with Gasteiger partial charge in [0.2, 0.25) is 5.22 Å². The van der Waals surface area contributed by atoms with Gasteiger partial charge in [0, 0.05) is 14.1 Å². The first kappa shape index (κ1) is 16.6. The van der Waals surface area contributed by atoms with Crippen molar-refractivity contribution in [3.8, 4) is 5.75 Å². The maximum Gasteiger partial charge on any atom is 0.330 e. The normalized spacial score (nSPS) is 11.9. The minimum atomic E-state index is -4.08. The largest absolute Gasteiger partial charge is 0.443 e. The number of urea groups is 1. The lowest BCUT2D eigenvalue weighted by atomic mass is 10.3. The van der Waals surface area contributed by atoms with Gasteiger partial charge in [0.25, 0.3) is 10.0 Å². The predicted molar refractivity (Wildman–Crippen MR) is 76.3 cm³/mol. The number of hydrogen-bond acceptors (Lipinski definition) is 4. The molecule has 1 aromatic carbocycles. The topological polar surface area (TPSA) is 75.7 Å². The number of carbonyl (C=O) groups is 1. The van der Waals surface area contributed by atoms with Crippen LogP contribution >= 0.6 is 23.2 Å². The maximum absolute atomic E-state index is 12.1. The van der Waals surface area contributed by atoms with Gasteiger partial charge in [-0.25, -0.2) is 17.9 Å². The van der Waals surface area contributed by atoms with Gasteiger partial charge in [0.1, 0.15) is 10.6 Å². The highest BCUT2D eigenvalue weighted by Gasteiger charge is 2.23. The van der Waals surface area contributed by atoms with E-state index in [1.165, 1.54) is 32.3 Å².